The summed E-state index contributed by atoms with van der Waals surface area (Å²) in [5.41, 5.74) is 6.94. The lowest BCUT2D eigenvalue weighted by Gasteiger charge is -2.20. The van der Waals surface area contributed by atoms with Gasteiger partial charge in [0, 0.05) is 0 Å². The van der Waals surface area contributed by atoms with E-state index in [9.17, 15) is 0 Å². The summed E-state index contributed by atoms with van der Waals surface area (Å²) in [5, 5.41) is 0. The highest BCUT2D eigenvalue weighted by Crippen LogP contribution is 2.66. The molecule has 0 heterocycles. The summed E-state index contributed by atoms with van der Waals surface area (Å²) in [4.78, 5) is 0. The molecule has 4 rings (SSSR count). The molecule has 3 aromatic rings. The molecule has 0 N–H and O–H groups in total. The second-order valence-electron chi connectivity index (χ2n) is 6.53. The summed E-state index contributed by atoms with van der Waals surface area (Å²) in [6.45, 7) is 2.10. The predicted octanol–water partition coefficient (Wildman–Crippen LogP) is 6.52. The fraction of sp³-hybridized carbons (Fsp3) is 0.120. The Balaban J connectivity index is 1.91. The van der Waals surface area contributed by atoms with Crippen LogP contribution in [0.5, 0.6) is 0 Å². The molecule has 0 radical (unpaired) electrons. The van der Waals surface area contributed by atoms with Crippen molar-refractivity contribution >= 4 is 11.1 Å². The first kappa shape index (κ1) is 15.7. The maximum Gasteiger partial charge on any atom is 0.0504 e. The quantitative estimate of drug-likeness (QED) is 0.469. The molecule has 0 aromatic heterocycles. The number of benzene rings is 3. The molecule has 3 aromatic carbocycles. The molecule has 0 fully saturated rings. The van der Waals surface area contributed by atoms with Gasteiger partial charge in [-0.2, -0.15) is 0 Å². The third-order valence-electron chi connectivity index (χ3n) is 5.09. The zero-order valence-corrected chi connectivity index (χ0v) is 14.5. The van der Waals surface area contributed by atoms with Gasteiger partial charge < -0.3 is 0 Å². The highest BCUT2D eigenvalue weighted by Gasteiger charge is 2.54. The van der Waals surface area contributed by atoms with Crippen LogP contribution in [0.1, 0.15) is 30.0 Å². The van der Waals surface area contributed by atoms with E-state index in [1.165, 1.54) is 27.8 Å². The average Bonchev–Trinajstić information content (AvgIpc) is 3.38. The van der Waals surface area contributed by atoms with Crippen molar-refractivity contribution in [2.24, 2.45) is 0 Å². The smallest absolute Gasteiger partial charge is 0.0504 e. The van der Waals surface area contributed by atoms with Gasteiger partial charge in [0.2, 0.25) is 0 Å². The summed E-state index contributed by atoms with van der Waals surface area (Å²) >= 11 is 0. The van der Waals surface area contributed by atoms with Gasteiger partial charge in [-0.25, -0.2) is 0 Å². The lowest BCUT2D eigenvalue weighted by Crippen LogP contribution is -2.12. The molecule has 0 atom stereocenters. The Morgan fingerprint density at radius 3 is 1.52 bits per heavy atom. The summed E-state index contributed by atoms with van der Waals surface area (Å²) in [7, 11) is 0. The van der Waals surface area contributed by atoms with Gasteiger partial charge in [-0.15, -0.1) is 0 Å². The Kier molecular flexibility index (Phi) is 4.11. The van der Waals surface area contributed by atoms with Crippen LogP contribution in [0.3, 0.4) is 0 Å². The van der Waals surface area contributed by atoms with Crippen molar-refractivity contribution in [1.82, 2.24) is 0 Å². The van der Waals surface area contributed by atoms with Crippen LogP contribution in [0.4, 0.5) is 0 Å². The molecule has 0 heteroatoms. The summed E-state index contributed by atoms with van der Waals surface area (Å²) in [6.07, 6.45) is 5.46. The van der Waals surface area contributed by atoms with E-state index in [0.717, 1.165) is 6.42 Å². The van der Waals surface area contributed by atoms with Gasteiger partial charge in [-0.1, -0.05) is 103 Å². The topological polar surface area (TPSA) is 0 Å². The molecule has 0 nitrogen and oxygen atoms in total. The number of hydrogen-bond donors (Lipinski definition) is 0. The van der Waals surface area contributed by atoms with Crippen LogP contribution in [0.2, 0.25) is 0 Å². The van der Waals surface area contributed by atoms with Crippen molar-refractivity contribution < 1.29 is 0 Å². The second-order valence-corrected chi connectivity index (χ2v) is 6.53. The highest BCUT2D eigenvalue weighted by atomic mass is 14.5. The first-order valence-electron chi connectivity index (χ1n) is 8.90. The first-order valence-corrected chi connectivity index (χ1v) is 8.90. The Morgan fingerprint density at radius 2 is 1.08 bits per heavy atom. The van der Waals surface area contributed by atoms with Crippen molar-refractivity contribution in [3.8, 4) is 0 Å². The Hall–Kier alpha value is -2.86. The molecule has 25 heavy (non-hydrogen) atoms. The Labute approximate surface area is 150 Å². The number of rotatable bonds is 5. The monoisotopic (exact) mass is 322 g/mol. The van der Waals surface area contributed by atoms with Gasteiger partial charge in [-0.05, 0) is 41.2 Å². The molecule has 0 unspecified atom stereocenters. The molecule has 0 saturated carbocycles. The van der Waals surface area contributed by atoms with E-state index < -0.39 is 0 Å². The zero-order chi connectivity index (χ0) is 17.1. The van der Waals surface area contributed by atoms with Gasteiger partial charge in [0.1, 0.15) is 0 Å². The summed E-state index contributed by atoms with van der Waals surface area (Å²) < 4.78 is 0. The summed E-state index contributed by atoms with van der Waals surface area (Å²) in [5.74, 6) is 0. The van der Waals surface area contributed by atoms with Gasteiger partial charge in [0.15, 0.2) is 0 Å². The summed E-state index contributed by atoms with van der Waals surface area (Å²) in [6, 6.07) is 32.6. The minimum absolute atomic E-state index is 0.0174. The maximum atomic E-state index is 2.30. The van der Waals surface area contributed by atoms with E-state index in [-0.39, 0.29) is 5.41 Å². The normalized spacial score (nSPS) is 15.6. The average molecular weight is 322 g/mol. The minimum Gasteiger partial charge on any atom is -0.0916 e. The molecule has 0 aliphatic heterocycles. The predicted molar refractivity (Wildman–Crippen MR) is 107 cm³/mol. The van der Waals surface area contributed by atoms with E-state index >= 15 is 0 Å². The molecule has 0 bridgehead atoms. The Bertz CT molecular complexity index is 851. The molecule has 0 amide bonds. The van der Waals surface area contributed by atoms with Crippen molar-refractivity contribution in [2.75, 3.05) is 0 Å². The molecular weight excluding hydrogens is 300 g/mol. The van der Waals surface area contributed by atoms with E-state index in [4.69, 9.17) is 0 Å². The van der Waals surface area contributed by atoms with Crippen molar-refractivity contribution in [1.29, 1.82) is 0 Å². The minimum atomic E-state index is -0.0174. The largest absolute Gasteiger partial charge is 0.0916 e. The van der Waals surface area contributed by atoms with Crippen LogP contribution in [0.25, 0.3) is 11.1 Å². The number of allylic oxidation sites excluding steroid dienone is 4. The molecule has 0 spiro atoms. The van der Waals surface area contributed by atoms with Gasteiger partial charge >= 0.3 is 0 Å². The lowest BCUT2D eigenvalue weighted by atomic mass is 9.82. The van der Waals surface area contributed by atoms with Crippen LogP contribution >= 0.6 is 0 Å². The van der Waals surface area contributed by atoms with Crippen LogP contribution in [0.15, 0.2) is 103 Å². The van der Waals surface area contributed by atoms with Gasteiger partial charge in [0.25, 0.3) is 0 Å². The van der Waals surface area contributed by atoms with Crippen molar-refractivity contribution in [2.45, 2.75) is 18.8 Å². The molecular formula is C25H22. The van der Waals surface area contributed by atoms with Crippen molar-refractivity contribution in [3.63, 3.8) is 0 Å². The molecule has 1 aliphatic carbocycles. The first-order chi connectivity index (χ1) is 12.4. The second kappa shape index (κ2) is 6.57. The molecule has 122 valence electrons. The van der Waals surface area contributed by atoms with Gasteiger partial charge in [-0.3, -0.25) is 0 Å². The third kappa shape index (κ3) is 2.64. The van der Waals surface area contributed by atoms with Crippen LogP contribution in [-0.4, -0.2) is 0 Å². The zero-order valence-electron chi connectivity index (χ0n) is 14.5. The molecule has 1 aliphatic rings. The van der Waals surface area contributed by atoms with E-state index in [1.807, 2.05) is 0 Å². The van der Waals surface area contributed by atoms with Gasteiger partial charge in [0.05, 0.1) is 5.41 Å². The van der Waals surface area contributed by atoms with E-state index in [0.29, 0.717) is 0 Å². The standard InChI is InChI=1S/C25H22/c1-2-3-19-25(22-17-11-6-12-18-22)23(20-13-7-4-8-14-20)24(25)21-15-9-5-10-16-21/h2-18H,19H2,1H3/b3-2+. The van der Waals surface area contributed by atoms with E-state index in [2.05, 4.69) is 110 Å². The fourth-order valence-corrected chi connectivity index (χ4v) is 3.94. The molecule has 0 saturated heterocycles. The highest BCUT2D eigenvalue weighted by molar-refractivity contribution is 6.19. The Morgan fingerprint density at radius 1 is 0.640 bits per heavy atom. The fourth-order valence-electron chi connectivity index (χ4n) is 3.94. The third-order valence-corrected chi connectivity index (χ3v) is 5.09. The SMILES string of the molecule is C/C=C/CC1(c2ccccc2)C(c2ccccc2)=C1c1ccccc1. The van der Waals surface area contributed by atoms with Crippen LogP contribution in [-0.2, 0) is 5.41 Å². The van der Waals surface area contributed by atoms with Crippen LogP contribution in [0, 0.1) is 0 Å². The number of hydrogen-bond acceptors (Lipinski definition) is 0. The van der Waals surface area contributed by atoms with Crippen LogP contribution < -0.4 is 0 Å². The van der Waals surface area contributed by atoms with E-state index in [1.54, 1.807) is 0 Å². The van der Waals surface area contributed by atoms with Crippen molar-refractivity contribution in [3.05, 3.63) is 120 Å². The maximum absolute atomic E-state index is 2.30. The lowest BCUT2D eigenvalue weighted by molar-refractivity contribution is 0.800.